The number of alkyl halides is 3. The normalized spacial score (nSPS) is 16.8. The van der Waals surface area contributed by atoms with Gasteiger partial charge in [0.25, 0.3) is 0 Å². The number of halogens is 3. The number of aliphatic hydroxyl groups excluding tert-OH is 1. The van der Waals surface area contributed by atoms with E-state index in [1.807, 2.05) is 4.90 Å². The predicted octanol–water partition coefficient (Wildman–Crippen LogP) is 2.01. The molecule has 1 fully saturated rings. The lowest BCUT2D eigenvalue weighted by Gasteiger charge is -2.40. The molecule has 94 valence electrons. The van der Waals surface area contributed by atoms with Crippen LogP contribution in [-0.4, -0.2) is 31.2 Å². The molecule has 2 rings (SSSR count). The average molecular weight is 247 g/mol. The van der Waals surface area contributed by atoms with Crippen LogP contribution in [0.2, 0.25) is 0 Å². The Morgan fingerprint density at radius 2 is 1.82 bits per heavy atom. The van der Waals surface area contributed by atoms with Gasteiger partial charge in [0.05, 0.1) is 0 Å². The summed E-state index contributed by atoms with van der Waals surface area (Å²) in [4.78, 5) is 1.98. The molecule has 6 heteroatoms. The first-order chi connectivity index (χ1) is 7.98. The first kappa shape index (κ1) is 12.0. The fraction of sp³-hybridized carbons (Fsp3) is 0.455. The van der Waals surface area contributed by atoms with E-state index in [-0.39, 0.29) is 18.3 Å². The van der Waals surface area contributed by atoms with E-state index in [1.165, 1.54) is 12.1 Å². The van der Waals surface area contributed by atoms with Gasteiger partial charge in [0.1, 0.15) is 5.75 Å². The third-order valence-electron chi connectivity index (χ3n) is 2.65. The SMILES string of the molecule is OCC1CN(c2ccc(OC(F)(F)F)cc2)C1. The Kier molecular flexibility index (Phi) is 3.15. The zero-order valence-electron chi connectivity index (χ0n) is 8.94. The van der Waals surface area contributed by atoms with Gasteiger partial charge >= 0.3 is 6.36 Å². The van der Waals surface area contributed by atoms with Crippen LogP contribution < -0.4 is 9.64 Å². The Morgan fingerprint density at radius 3 is 2.29 bits per heavy atom. The Morgan fingerprint density at radius 1 is 1.24 bits per heavy atom. The van der Waals surface area contributed by atoms with Crippen molar-refractivity contribution in [3.63, 3.8) is 0 Å². The van der Waals surface area contributed by atoms with Crippen molar-refractivity contribution in [1.29, 1.82) is 0 Å². The monoisotopic (exact) mass is 247 g/mol. The van der Waals surface area contributed by atoms with Crippen LogP contribution in [0.15, 0.2) is 24.3 Å². The molecular formula is C11H12F3NO2. The Hall–Kier alpha value is -1.43. The Bertz CT molecular complexity index is 371. The van der Waals surface area contributed by atoms with Gasteiger partial charge in [0, 0.05) is 31.3 Å². The molecule has 1 saturated heterocycles. The molecule has 0 amide bonds. The molecule has 1 aromatic carbocycles. The van der Waals surface area contributed by atoms with E-state index in [9.17, 15) is 13.2 Å². The molecule has 0 aromatic heterocycles. The lowest BCUT2D eigenvalue weighted by atomic mass is 10.0. The highest BCUT2D eigenvalue weighted by Crippen LogP contribution is 2.28. The molecule has 1 N–H and O–H groups in total. The van der Waals surface area contributed by atoms with Gasteiger partial charge < -0.3 is 14.7 Å². The van der Waals surface area contributed by atoms with Crippen molar-refractivity contribution in [2.45, 2.75) is 6.36 Å². The molecule has 0 spiro atoms. The highest BCUT2D eigenvalue weighted by molar-refractivity contribution is 5.51. The number of hydrogen-bond acceptors (Lipinski definition) is 3. The van der Waals surface area contributed by atoms with Gasteiger partial charge in [-0.25, -0.2) is 0 Å². The highest BCUT2D eigenvalue weighted by Gasteiger charge is 2.31. The topological polar surface area (TPSA) is 32.7 Å². The fourth-order valence-electron chi connectivity index (χ4n) is 1.75. The van der Waals surface area contributed by atoms with Crippen LogP contribution in [0.1, 0.15) is 0 Å². The molecule has 0 unspecified atom stereocenters. The fourth-order valence-corrected chi connectivity index (χ4v) is 1.75. The van der Waals surface area contributed by atoms with Crippen LogP contribution in [0.5, 0.6) is 5.75 Å². The maximum absolute atomic E-state index is 11.9. The van der Waals surface area contributed by atoms with Crippen LogP contribution in [-0.2, 0) is 0 Å². The van der Waals surface area contributed by atoms with Crippen LogP contribution in [0.4, 0.5) is 18.9 Å². The number of anilines is 1. The predicted molar refractivity (Wildman–Crippen MR) is 55.9 cm³/mol. The molecular weight excluding hydrogens is 235 g/mol. The van der Waals surface area contributed by atoms with E-state index in [1.54, 1.807) is 12.1 Å². The van der Waals surface area contributed by atoms with Crippen molar-refractivity contribution in [2.24, 2.45) is 5.92 Å². The second-order valence-electron chi connectivity index (χ2n) is 4.00. The Balaban J connectivity index is 1.95. The first-order valence-electron chi connectivity index (χ1n) is 5.19. The quantitative estimate of drug-likeness (QED) is 0.886. The van der Waals surface area contributed by atoms with Gasteiger partial charge in [0.2, 0.25) is 0 Å². The maximum Gasteiger partial charge on any atom is 0.573 e. The smallest absolute Gasteiger partial charge is 0.406 e. The summed E-state index contributed by atoms with van der Waals surface area (Å²) in [5, 5.41) is 8.85. The minimum Gasteiger partial charge on any atom is -0.406 e. The van der Waals surface area contributed by atoms with Gasteiger partial charge in [-0.2, -0.15) is 0 Å². The summed E-state index contributed by atoms with van der Waals surface area (Å²) in [5.74, 6) is 0.0431. The molecule has 3 nitrogen and oxygen atoms in total. The van der Waals surface area contributed by atoms with Gasteiger partial charge in [-0.1, -0.05) is 0 Å². The molecule has 1 aliphatic heterocycles. The summed E-state index contributed by atoms with van der Waals surface area (Å²) in [6.45, 7) is 1.61. The van der Waals surface area contributed by atoms with Crippen molar-refractivity contribution in [1.82, 2.24) is 0 Å². The van der Waals surface area contributed by atoms with Crippen LogP contribution in [0.25, 0.3) is 0 Å². The van der Waals surface area contributed by atoms with Crippen LogP contribution in [0.3, 0.4) is 0 Å². The molecule has 1 aromatic rings. The number of ether oxygens (including phenoxy) is 1. The third kappa shape index (κ3) is 3.03. The number of aliphatic hydroxyl groups is 1. The van der Waals surface area contributed by atoms with E-state index in [2.05, 4.69) is 4.74 Å². The third-order valence-corrected chi connectivity index (χ3v) is 2.65. The lowest BCUT2D eigenvalue weighted by molar-refractivity contribution is -0.274. The van der Waals surface area contributed by atoms with Crippen molar-refractivity contribution < 1.29 is 23.0 Å². The minimum absolute atomic E-state index is 0.145. The van der Waals surface area contributed by atoms with E-state index < -0.39 is 6.36 Å². The van der Waals surface area contributed by atoms with E-state index in [0.29, 0.717) is 0 Å². The van der Waals surface area contributed by atoms with E-state index in [4.69, 9.17) is 5.11 Å². The van der Waals surface area contributed by atoms with E-state index in [0.717, 1.165) is 18.8 Å². The summed E-state index contributed by atoms with van der Waals surface area (Å²) in [7, 11) is 0. The van der Waals surface area contributed by atoms with Gasteiger partial charge in [-0.05, 0) is 24.3 Å². The van der Waals surface area contributed by atoms with Crippen molar-refractivity contribution in [3.05, 3.63) is 24.3 Å². The molecule has 0 atom stereocenters. The standard InChI is InChI=1S/C11H12F3NO2/c12-11(13,14)17-10-3-1-9(2-4-10)15-5-8(6-15)7-16/h1-4,8,16H,5-7H2. The van der Waals surface area contributed by atoms with Crippen molar-refractivity contribution in [3.8, 4) is 5.75 Å². The van der Waals surface area contributed by atoms with Crippen molar-refractivity contribution in [2.75, 3.05) is 24.6 Å². The number of benzene rings is 1. The molecule has 0 radical (unpaired) electrons. The number of hydrogen-bond donors (Lipinski definition) is 1. The van der Waals surface area contributed by atoms with E-state index >= 15 is 0 Å². The van der Waals surface area contributed by atoms with Gasteiger partial charge in [0.15, 0.2) is 0 Å². The van der Waals surface area contributed by atoms with Gasteiger partial charge in [-0.15, -0.1) is 13.2 Å². The summed E-state index contributed by atoms with van der Waals surface area (Å²) < 4.78 is 39.5. The highest BCUT2D eigenvalue weighted by atomic mass is 19.4. The Labute approximate surface area is 96.4 Å². The largest absolute Gasteiger partial charge is 0.573 e. The van der Waals surface area contributed by atoms with Gasteiger partial charge in [-0.3, -0.25) is 0 Å². The minimum atomic E-state index is -4.65. The number of rotatable bonds is 3. The van der Waals surface area contributed by atoms with Crippen molar-refractivity contribution >= 4 is 5.69 Å². The zero-order chi connectivity index (χ0) is 12.5. The first-order valence-corrected chi connectivity index (χ1v) is 5.19. The zero-order valence-corrected chi connectivity index (χ0v) is 8.94. The summed E-state index contributed by atoms with van der Waals surface area (Å²) in [6.07, 6.45) is -4.65. The van der Waals surface area contributed by atoms with Crippen LogP contribution in [0, 0.1) is 5.92 Å². The maximum atomic E-state index is 11.9. The second-order valence-corrected chi connectivity index (χ2v) is 4.00. The average Bonchev–Trinajstić information content (AvgIpc) is 2.16. The molecule has 17 heavy (non-hydrogen) atoms. The molecule has 0 saturated carbocycles. The molecule has 1 aliphatic rings. The second kappa shape index (κ2) is 4.44. The van der Waals surface area contributed by atoms with Crippen LogP contribution >= 0.6 is 0 Å². The number of nitrogens with zero attached hydrogens (tertiary/aromatic N) is 1. The molecule has 0 bridgehead atoms. The summed E-state index contributed by atoms with van der Waals surface area (Å²) in [6, 6.07) is 5.73. The molecule has 1 heterocycles. The molecule has 0 aliphatic carbocycles. The summed E-state index contributed by atoms with van der Waals surface area (Å²) in [5.41, 5.74) is 0.837. The lowest BCUT2D eigenvalue weighted by Crippen LogP contribution is -2.48. The summed E-state index contributed by atoms with van der Waals surface area (Å²) >= 11 is 0.